The van der Waals surface area contributed by atoms with E-state index < -0.39 is 22.7 Å². The van der Waals surface area contributed by atoms with E-state index in [0.29, 0.717) is 43.1 Å². The first kappa shape index (κ1) is 28.9. The second kappa shape index (κ2) is 11.7. The smallest absolute Gasteiger partial charge is 0.353 e. The molecule has 41 heavy (non-hydrogen) atoms. The summed E-state index contributed by atoms with van der Waals surface area (Å²) in [6.45, 7) is 4.24. The van der Waals surface area contributed by atoms with Crippen molar-refractivity contribution in [1.82, 2.24) is 24.8 Å². The van der Waals surface area contributed by atoms with E-state index >= 15 is 0 Å². The number of pyridine rings is 1. The number of Topliss-reactive ketones (excluding diaryl/α,β-unsaturated/α-hetero) is 1. The highest BCUT2D eigenvalue weighted by molar-refractivity contribution is 7.13. The van der Waals surface area contributed by atoms with Crippen LogP contribution in [0.5, 0.6) is 0 Å². The van der Waals surface area contributed by atoms with E-state index in [-0.39, 0.29) is 46.3 Å². The Morgan fingerprint density at radius 3 is 2.49 bits per heavy atom. The van der Waals surface area contributed by atoms with Crippen LogP contribution in [0.25, 0.3) is 0 Å². The standard InChI is InChI=1S/C26H25ClF3N7O3S/c1-14(24-32-12-20(41-24)23(39)35-21-9-16(26(28,29)30)17(27)11-31-21)8-19(38)18-10-22(34-13-33-18)36-4-6-37(7-5-36)25(40)15-2-3-15/h9-15H,2-8H2,1H3,(H,31,35,39). The molecule has 1 aliphatic heterocycles. The molecule has 5 rings (SSSR count). The molecule has 216 valence electrons. The summed E-state index contributed by atoms with van der Waals surface area (Å²) in [5.41, 5.74) is -0.859. The van der Waals surface area contributed by atoms with Crippen LogP contribution in [0.2, 0.25) is 5.02 Å². The van der Waals surface area contributed by atoms with Crippen LogP contribution in [0.4, 0.5) is 24.8 Å². The lowest BCUT2D eigenvalue weighted by Crippen LogP contribution is -2.49. The van der Waals surface area contributed by atoms with Gasteiger partial charge in [-0.2, -0.15) is 13.2 Å². The molecule has 3 aromatic heterocycles. The summed E-state index contributed by atoms with van der Waals surface area (Å²) in [7, 11) is 0. The third kappa shape index (κ3) is 6.81. The highest BCUT2D eigenvalue weighted by atomic mass is 35.5. The molecule has 15 heteroatoms. The fourth-order valence-electron chi connectivity index (χ4n) is 4.41. The minimum Gasteiger partial charge on any atom is -0.353 e. The average Bonchev–Trinajstić information content (AvgIpc) is 3.68. The van der Waals surface area contributed by atoms with Crippen molar-refractivity contribution < 1.29 is 27.6 Å². The van der Waals surface area contributed by atoms with Gasteiger partial charge in [0.15, 0.2) is 5.78 Å². The normalized spacial score (nSPS) is 16.4. The number of thiazole rings is 1. The first-order valence-corrected chi connectivity index (χ1v) is 14.1. The van der Waals surface area contributed by atoms with Gasteiger partial charge in [-0.3, -0.25) is 14.4 Å². The molecule has 1 aliphatic carbocycles. The first-order chi connectivity index (χ1) is 19.5. The number of hydrogen-bond donors (Lipinski definition) is 1. The zero-order chi connectivity index (χ0) is 29.3. The van der Waals surface area contributed by atoms with Gasteiger partial charge in [-0.15, -0.1) is 11.3 Å². The molecule has 0 radical (unpaired) electrons. The van der Waals surface area contributed by atoms with Gasteiger partial charge in [0.2, 0.25) is 5.91 Å². The van der Waals surface area contributed by atoms with Gasteiger partial charge in [-0.25, -0.2) is 19.9 Å². The SMILES string of the molecule is CC(CC(=O)c1cc(N2CCN(C(=O)C3CC3)CC2)ncn1)c1ncc(C(=O)Nc2cc(C(F)(F)F)c(Cl)cn2)s1. The van der Waals surface area contributed by atoms with Gasteiger partial charge in [0.1, 0.15) is 28.5 Å². The number of aromatic nitrogens is 4. The number of ketones is 1. The number of amides is 2. The molecule has 0 spiro atoms. The van der Waals surface area contributed by atoms with Gasteiger partial charge in [0, 0.05) is 56.7 Å². The van der Waals surface area contributed by atoms with Gasteiger partial charge < -0.3 is 15.1 Å². The molecule has 1 N–H and O–H groups in total. The molecule has 1 saturated carbocycles. The molecule has 1 unspecified atom stereocenters. The number of carbonyl (C=O) groups is 3. The second-order valence-corrected chi connectivity index (χ2v) is 11.4. The Bertz CT molecular complexity index is 1470. The number of nitrogens with zero attached hydrogens (tertiary/aromatic N) is 6. The van der Waals surface area contributed by atoms with Crippen LogP contribution in [0.1, 0.15) is 62.8 Å². The Hall–Kier alpha value is -3.65. The van der Waals surface area contributed by atoms with Crippen molar-refractivity contribution in [3.63, 3.8) is 0 Å². The summed E-state index contributed by atoms with van der Waals surface area (Å²) in [5, 5.41) is 2.26. The molecular weight excluding hydrogens is 583 g/mol. The van der Waals surface area contributed by atoms with Gasteiger partial charge in [0.25, 0.3) is 5.91 Å². The monoisotopic (exact) mass is 607 g/mol. The highest BCUT2D eigenvalue weighted by Gasteiger charge is 2.35. The number of nitrogens with one attached hydrogen (secondary N) is 1. The number of piperazine rings is 1. The Morgan fingerprint density at radius 2 is 1.80 bits per heavy atom. The van der Waals surface area contributed by atoms with Crippen LogP contribution in [-0.4, -0.2) is 68.6 Å². The topological polar surface area (TPSA) is 121 Å². The Morgan fingerprint density at radius 1 is 1.07 bits per heavy atom. The molecule has 2 aliphatic rings. The van der Waals surface area contributed by atoms with Crippen molar-refractivity contribution in [3.8, 4) is 0 Å². The van der Waals surface area contributed by atoms with Crippen molar-refractivity contribution in [2.75, 3.05) is 36.4 Å². The lowest BCUT2D eigenvalue weighted by Gasteiger charge is -2.35. The largest absolute Gasteiger partial charge is 0.418 e. The van der Waals surface area contributed by atoms with Crippen molar-refractivity contribution in [2.24, 2.45) is 5.92 Å². The summed E-state index contributed by atoms with van der Waals surface area (Å²) in [6.07, 6.45) is 0.773. The summed E-state index contributed by atoms with van der Waals surface area (Å²) in [6, 6.07) is 2.30. The molecule has 3 aromatic rings. The fourth-order valence-corrected chi connectivity index (χ4v) is 5.48. The maximum atomic E-state index is 13.1. The average molecular weight is 608 g/mol. The number of anilines is 2. The van der Waals surface area contributed by atoms with Crippen molar-refractivity contribution in [1.29, 1.82) is 0 Å². The van der Waals surface area contributed by atoms with E-state index in [2.05, 4.69) is 25.3 Å². The predicted octanol–water partition coefficient (Wildman–Crippen LogP) is 4.69. The lowest BCUT2D eigenvalue weighted by atomic mass is 10.0. The van der Waals surface area contributed by atoms with E-state index in [4.69, 9.17) is 11.6 Å². The molecule has 0 bridgehead atoms. The quantitative estimate of drug-likeness (QED) is 0.366. The zero-order valence-electron chi connectivity index (χ0n) is 21.8. The van der Waals surface area contributed by atoms with Crippen LogP contribution in [-0.2, 0) is 11.0 Å². The van der Waals surface area contributed by atoms with Crippen molar-refractivity contribution in [2.45, 2.75) is 38.3 Å². The van der Waals surface area contributed by atoms with E-state index in [0.717, 1.165) is 30.4 Å². The molecule has 2 amide bonds. The van der Waals surface area contributed by atoms with Crippen LogP contribution in [0.15, 0.2) is 30.9 Å². The number of halogens is 4. The molecule has 0 aromatic carbocycles. The first-order valence-electron chi connectivity index (χ1n) is 12.9. The number of rotatable bonds is 8. The van der Waals surface area contributed by atoms with E-state index in [9.17, 15) is 27.6 Å². The molecule has 1 saturated heterocycles. The minimum atomic E-state index is -4.70. The van der Waals surface area contributed by atoms with Crippen molar-refractivity contribution >= 4 is 52.2 Å². The number of alkyl halides is 3. The third-order valence-corrected chi connectivity index (χ3v) is 8.37. The Balaban J connectivity index is 1.18. The number of carbonyl (C=O) groups excluding carboxylic acids is 3. The molecule has 10 nitrogen and oxygen atoms in total. The minimum absolute atomic E-state index is 0.0718. The van der Waals surface area contributed by atoms with Crippen LogP contribution in [0, 0.1) is 5.92 Å². The van der Waals surface area contributed by atoms with Crippen molar-refractivity contribution in [3.05, 3.63) is 57.0 Å². The van der Waals surface area contributed by atoms with Gasteiger partial charge in [-0.1, -0.05) is 18.5 Å². The van der Waals surface area contributed by atoms with Gasteiger partial charge >= 0.3 is 6.18 Å². The predicted molar refractivity (Wildman–Crippen MR) is 145 cm³/mol. The summed E-state index contributed by atoms with van der Waals surface area (Å²) in [4.78, 5) is 58.4. The molecule has 1 atom stereocenters. The summed E-state index contributed by atoms with van der Waals surface area (Å²) in [5.74, 6) is -0.550. The third-order valence-electron chi connectivity index (χ3n) is 6.84. The van der Waals surface area contributed by atoms with Crippen LogP contribution < -0.4 is 10.2 Å². The summed E-state index contributed by atoms with van der Waals surface area (Å²) >= 11 is 6.61. The molecular formula is C26H25ClF3N7O3S. The lowest BCUT2D eigenvalue weighted by molar-refractivity contribution is -0.137. The summed E-state index contributed by atoms with van der Waals surface area (Å²) < 4.78 is 39.3. The van der Waals surface area contributed by atoms with Gasteiger partial charge in [-0.05, 0) is 18.9 Å². The fraction of sp³-hybridized carbons (Fsp3) is 0.423. The maximum absolute atomic E-state index is 13.1. The number of hydrogen-bond acceptors (Lipinski definition) is 9. The highest BCUT2D eigenvalue weighted by Crippen LogP contribution is 2.36. The van der Waals surface area contributed by atoms with Gasteiger partial charge in [0.05, 0.1) is 21.8 Å². The maximum Gasteiger partial charge on any atom is 0.418 e. The van der Waals surface area contributed by atoms with E-state index in [1.165, 1.54) is 12.5 Å². The Labute approximate surface area is 242 Å². The van der Waals surface area contributed by atoms with E-state index in [1.807, 2.05) is 9.80 Å². The van der Waals surface area contributed by atoms with E-state index in [1.54, 1.807) is 13.0 Å². The molecule has 4 heterocycles. The second-order valence-electron chi connectivity index (χ2n) is 9.94. The van der Waals surface area contributed by atoms with Crippen LogP contribution >= 0.6 is 22.9 Å². The van der Waals surface area contributed by atoms with Crippen LogP contribution in [0.3, 0.4) is 0 Å². The Kier molecular flexibility index (Phi) is 8.23. The molecule has 2 fully saturated rings. The zero-order valence-corrected chi connectivity index (χ0v) is 23.4.